The van der Waals surface area contributed by atoms with Crippen LogP contribution >= 0.6 is 0 Å². The third-order valence-corrected chi connectivity index (χ3v) is 5.11. The maximum atomic E-state index is 13.1. The van der Waals surface area contributed by atoms with E-state index in [1.165, 1.54) is 11.8 Å². The van der Waals surface area contributed by atoms with Crippen LogP contribution in [-0.2, 0) is 29.2 Å². The van der Waals surface area contributed by atoms with Crippen LogP contribution in [0, 0.1) is 0 Å². The highest BCUT2D eigenvalue weighted by atomic mass is 16.2. The molecule has 0 radical (unpaired) electrons. The van der Waals surface area contributed by atoms with Gasteiger partial charge in [0.25, 0.3) is 5.91 Å². The lowest BCUT2D eigenvalue weighted by atomic mass is 10.0. The standard InChI is InChI=1S/C20H19N3O3/c1-20(13-24)18(25)23(17-8-7-15-10-21-11-16(15)9-17)19(26)22(20)12-14-5-3-2-4-6-14/h2-9,13,21H,10-12H2,1H3. The number of hydrogen-bond donors (Lipinski definition) is 1. The highest BCUT2D eigenvalue weighted by Gasteiger charge is 2.55. The first-order chi connectivity index (χ1) is 12.5. The fourth-order valence-corrected chi connectivity index (χ4v) is 3.51. The third-order valence-electron chi connectivity index (χ3n) is 5.11. The molecule has 132 valence electrons. The molecule has 0 aliphatic carbocycles. The Labute approximate surface area is 151 Å². The summed E-state index contributed by atoms with van der Waals surface area (Å²) in [6, 6.07) is 14.4. The molecule has 1 atom stereocenters. The summed E-state index contributed by atoms with van der Waals surface area (Å²) < 4.78 is 0. The smallest absolute Gasteiger partial charge is 0.309 e. The van der Waals surface area contributed by atoms with Crippen LogP contribution in [-0.4, -0.2) is 28.7 Å². The zero-order valence-corrected chi connectivity index (χ0v) is 14.4. The van der Waals surface area contributed by atoms with E-state index in [0.717, 1.165) is 28.1 Å². The molecule has 1 N–H and O–H groups in total. The van der Waals surface area contributed by atoms with Gasteiger partial charge in [-0.2, -0.15) is 0 Å². The quantitative estimate of drug-likeness (QED) is 0.522. The second kappa shape index (κ2) is 6.07. The molecule has 2 aromatic rings. The van der Waals surface area contributed by atoms with E-state index in [0.29, 0.717) is 18.5 Å². The minimum absolute atomic E-state index is 0.198. The number of carbonyl (C=O) groups is 3. The molecule has 1 fully saturated rings. The van der Waals surface area contributed by atoms with Crippen molar-refractivity contribution >= 4 is 23.9 Å². The molecule has 2 aliphatic heterocycles. The number of anilines is 1. The molecule has 1 saturated heterocycles. The van der Waals surface area contributed by atoms with Crippen molar-refractivity contribution in [3.63, 3.8) is 0 Å². The molecule has 2 aliphatic rings. The summed E-state index contributed by atoms with van der Waals surface area (Å²) in [6.45, 7) is 3.18. The average molecular weight is 349 g/mol. The van der Waals surface area contributed by atoms with Crippen molar-refractivity contribution in [1.29, 1.82) is 0 Å². The molecular weight excluding hydrogens is 330 g/mol. The van der Waals surface area contributed by atoms with Gasteiger partial charge < -0.3 is 10.1 Å². The Morgan fingerprint density at radius 2 is 1.81 bits per heavy atom. The Kier molecular flexibility index (Phi) is 3.85. The first kappa shape index (κ1) is 16.5. The van der Waals surface area contributed by atoms with Crippen molar-refractivity contribution in [2.24, 2.45) is 0 Å². The predicted molar refractivity (Wildman–Crippen MR) is 96.3 cm³/mol. The lowest BCUT2D eigenvalue weighted by molar-refractivity contribution is -0.130. The van der Waals surface area contributed by atoms with E-state index in [1.54, 1.807) is 6.07 Å². The molecule has 2 aromatic carbocycles. The van der Waals surface area contributed by atoms with Crippen molar-refractivity contribution < 1.29 is 14.4 Å². The van der Waals surface area contributed by atoms with Crippen LogP contribution in [0.3, 0.4) is 0 Å². The van der Waals surface area contributed by atoms with Crippen LogP contribution < -0.4 is 10.2 Å². The number of fused-ring (bicyclic) bond motifs is 1. The van der Waals surface area contributed by atoms with Gasteiger partial charge in [0.2, 0.25) is 0 Å². The summed E-state index contributed by atoms with van der Waals surface area (Å²) >= 11 is 0. The summed E-state index contributed by atoms with van der Waals surface area (Å²) in [6.07, 6.45) is 0.561. The van der Waals surface area contributed by atoms with Gasteiger partial charge in [-0.15, -0.1) is 0 Å². The molecule has 2 heterocycles. The Hall–Kier alpha value is -2.99. The zero-order valence-electron chi connectivity index (χ0n) is 14.4. The second-order valence-corrected chi connectivity index (χ2v) is 6.82. The maximum absolute atomic E-state index is 13.1. The van der Waals surface area contributed by atoms with Crippen LogP contribution in [0.25, 0.3) is 0 Å². The number of rotatable bonds is 4. The highest BCUT2D eigenvalue weighted by Crippen LogP contribution is 2.34. The number of benzene rings is 2. The van der Waals surface area contributed by atoms with E-state index in [9.17, 15) is 14.4 Å². The number of hydrogen-bond acceptors (Lipinski definition) is 4. The summed E-state index contributed by atoms with van der Waals surface area (Å²) in [5, 5.41) is 3.24. The van der Waals surface area contributed by atoms with Gasteiger partial charge in [-0.3, -0.25) is 9.69 Å². The van der Waals surface area contributed by atoms with Crippen molar-refractivity contribution in [2.75, 3.05) is 4.90 Å². The average Bonchev–Trinajstić information content (AvgIpc) is 3.20. The van der Waals surface area contributed by atoms with Gasteiger partial charge in [0.05, 0.1) is 5.69 Å². The topological polar surface area (TPSA) is 69.7 Å². The number of nitrogens with zero attached hydrogens (tertiary/aromatic N) is 2. The van der Waals surface area contributed by atoms with E-state index in [4.69, 9.17) is 0 Å². The molecule has 3 amide bonds. The highest BCUT2D eigenvalue weighted by molar-refractivity contribution is 6.28. The fourth-order valence-electron chi connectivity index (χ4n) is 3.51. The van der Waals surface area contributed by atoms with Crippen molar-refractivity contribution in [2.45, 2.75) is 32.1 Å². The van der Waals surface area contributed by atoms with Crippen LogP contribution in [0.15, 0.2) is 48.5 Å². The lowest BCUT2D eigenvalue weighted by Crippen LogP contribution is -2.48. The summed E-state index contributed by atoms with van der Waals surface area (Å²) in [4.78, 5) is 40.3. The van der Waals surface area contributed by atoms with Crippen LogP contribution in [0.4, 0.5) is 10.5 Å². The first-order valence-corrected chi connectivity index (χ1v) is 8.53. The van der Waals surface area contributed by atoms with Crippen LogP contribution in [0.1, 0.15) is 23.6 Å². The van der Waals surface area contributed by atoms with Crippen molar-refractivity contribution in [3.8, 4) is 0 Å². The normalized spacial score (nSPS) is 22.0. The van der Waals surface area contributed by atoms with Crippen LogP contribution in [0.2, 0.25) is 0 Å². The Balaban J connectivity index is 1.72. The minimum Gasteiger partial charge on any atom is -0.309 e. The van der Waals surface area contributed by atoms with Gasteiger partial charge in [-0.05, 0) is 35.7 Å². The SMILES string of the molecule is CC1(C=O)C(=O)N(c2ccc3c(c2)CNC3)C(=O)N1Cc1ccccc1. The lowest BCUT2D eigenvalue weighted by Gasteiger charge is -2.26. The second-order valence-electron chi connectivity index (χ2n) is 6.82. The van der Waals surface area contributed by atoms with Crippen molar-refractivity contribution in [3.05, 3.63) is 65.2 Å². The van der Waals surface area contributed by atoms with Gasteiger partial charge in [-0.25, -0.2) is 9.69 Å². The predicted octanol–water partition coefficient (Wildman–Crippen LogP) is 2.22. The molecular formula is C20H19N3O3. The zero-order chi connectivity index (χ0) is 18.3. The molecule has 0 spiro atoms. The van der Waals surface area contributed by atoms with E-state index in [-0.39, 0.29) is 6.54 Å². The maximum Gasteiger partial charge on any atom is 0.332 e. The molecule has 6 nitrogen and oxygen atoms in total. The van der Waals surface area contributed by atoms with Crippen LogP contribution in [0.5, 0.6) is 0 Å². The van der Waals surface area contributed by atoms with E-state index in [2.05, 4.69) is 5.32 Å². The molecule has 0 saturated carbocycles. The molecule has 6 heteroatoms. The fraction of sp³-hybridized carbons (Fsp3) is 0.250. The van der Waals surface area contributed by atoms with Gasteiger partial charge in [0.15, 0.2) is 11.8 Å². The molecule has 0 aromatic heterocycles. The van der Waals surface area contributed by atoms with E-state index in [1.807, 2.05) is 42.5 Å². The van der Waals surface area contributed by atoms with E-state index < -0.39 is 17.5 Å². The summed E-state index contributed by atoms with van der Waals surface area (Å²) in [5.41, 5.74) is 2.09. The van der Waals surface area contributed by atoms with Gasteiger partial charge in [-0.1, -0.05) is 36.4 Å². The molecule has 0 bridgehead atoms. The number of aldehydes is 1. The van der Waals surface area contributed by atoms with Gasteiger partial charge in [0, 0.05) is 19.6 Å². The summed E-state index contributed by atoms with van der Waals surface area (Å²) in [5.74, 6) is -0.515. The number of urea groups is 1. The Morgan fingerprint density at radius 3 is 2.54 bits per heavy atom. The minimum atomic E-state index is -1.51. The molecule has 26 heavy (non-hydrogen) atoms. The monoisotopic (exact) mass is 349 g/mol. The Bertz CT molecular complexity index is 896. The third kappa shape index (κ3) is 2.42. The first-order valence-electron chi connectivity index (χ1n) is 8.53. The number of imide groups is 1. The number of nitrogens with one attached hydrogen (secondary N) is 1. The molecule has 4 rings (SSSR count). The Morgan fingerprint density at radius 1 is 1.08 bits per heavy atom. The van der Waals surface area contributed by atoms with Gasteiger partial charge in [0.1, 0.15) is 0 Å². The molecule has 1 unspecified atom stereocenters. The number of carbonyl (C=O) groups excluding carboxylic acids is 3. The van der Waals surface area contributed by atoms with E-state index >= 15 is 0 Å². The largest absolute Gasteiger partial charge is 0.332 e. The van der Waals surface area contributed by atoms with Gasteiger partial charge >= 0.3 is 6.03 Å². The van der Waals surface area contributed by atoms with Crippen molar-refractivity contribution in [1.82, 2.24) is 10.2 Å². The number of amides is 3. The summed E-state index contributed by atoms with van der Waals surface area (Å²) in [7, 11) is 0.